The maximum absolute atomic E-state index is 12.6. The van der Waals surface area contributed by atoms with E-state index in [0.29, 0.717) is 0 Å². The van der Waals surface area contributed by atoms with Crippen LogP contribution in [0.5, 0.6) is 0 Å². The number of alkyl carbamates (subject to hydrolysis) is 1. The molecule has 0 saturated heterocycles. The van der Waals surface area contributed by atoms with Crippen molar-refractivity contribution in [2.45, 2.75) is 38.3 Å². The largest absolute Gasteiger partial charge is 0.479 e. The van der Waals surface area contributed by atoms with Crippen molar-refractivity contribution in [3.05, 3.63) is 59.7 Å². The number of carbonyl (C=O) groups is 3. The lowest BCUT2D eigenvalue weighted by molar-refractivity contribution is -0.149. The molecule has 0 saturated carbocycles. The second-order valence-corrected chi connectivity index (χ2v) is 8.48. The number of rotatable bonds is 8. The highest BCUT2D eigenvalue weighted by molar-refractivity contribution is 5.91. The van der Waals surface area contributed by atoms with Gasteiger partial charge < -0.3 is 25.6 Å². The van der Waals surface area contributed by atoms with Gasteiger partial charge in [-0.15, -0.1) is 0 Å². The molecule has 1 aliphatic rings. The molecule has 2 amide bonds. The summed E-state index contributed by atoms with van der Waals surface area (Å²) in [5, 5.41) is 23.4. The third-order valence-electron chi connectivity index (χ3n) is 5.75. The van der Waals surface area contributed by atoms with Crippen molar-refractivity contribution < 1.29 is 29.3 Å². The molecule has 8 heteroatoms. The molecule has 0 radical (unpaired) electrons. The van der Waals surface area contributed by atoms with Gasteiger partial charge in [0.2, 0.25) is 5.91 Å². The van der Waals surface area contributed by atoms with Gasteiger partial charge in [0.05, 0.1) is 6.61 Å². The van der Waals surface area contributed by atoms with Crippen LogP contribution >= 0.6 is 0 Å². The molecule has 1 aliphatic carbocycles. The number of amides is 2. The van der Waals surface area contributed by atoms with Crippen LogP contribution < -0.4 is 10.6 Å². The summed E-state index contributed by atoms with van der Waals surface area (Å²) in [6.45, 7) is 3.92. The molecule has 8 nitrogen and oxygen atoms in total. The van der Waals surface area contributed by atoms with Gasteiger partial charge in [-0.05, 0) is 35.1 Å². The molecule has 2 aromatic carbocycles. The fraction of sp³-hybridized carbons (Fsp3) is 0.375. The maximum Gasteiger partial charge on any atom is 0.407 e. The molecule has 0 spiro atoms. The van der Waals surface area contributed by atoms with Crippen LogP contribution in [0.4, 0.5) is 4.79 Å². The van der Waals surface area contributed by atoms with Crippen LogP contribution in [-0.4, -0.2) is 53.0 Å². The average Bonchev–Trinajstić information content (AvgIpc) is 3.09. The zero-order valence-electron chi connectivity index (χ0n) is 18.3. The second kappa shape index (κ2) is 9.40. The summed E-state index contributed by atoms with van der Waals surface area (Å²) < 4.78 is 5.48. The van der Waals surface area contributed by atoms with Gasteiger partial charge in [0.1, 0.15) is 12.6 Å². The monoisotopic (exact) mass is 440 g/mol. The summed E-state index contributed by atoms with van der Waals surface area (Å²) in [6, 6.07) is 14.9. The summed E-state index contributed by atoms with van der Waals surface area (Å²) in [4.78, 5) is 36.5. The lowest BCUT2D eigenvalue weighted by Crippen LogP contribution is -2.60. The number of hydrogen-bond acceptors (Lipinski definition) is 5. The van der Waals surface area contributed by atoms with Crippen molar-refractivity contribution in [3.8, 4) is 11.1 Å². The normalized spacial score (nSPS) is 15.3. The third-order valence-corrected chi connectivity index (χ3v) is 5.75. The van der Waals surface area contributed by atoms with Gasteiger partial charge in [0.15, 0.2) is 5.54 Å². The Hall–Kier alpha value is -3.39. The molecule has 4 N–H and O–H groups in total. The first-order valence-electron chi connectivity index (χ1n) is 10.5. The Labute approximate surface area is 186 Å². The molecule has 3 rings (SSSR count). The van der Waals surface area contributed by atoms with E-state index in [1.54, 1.807) is 13.8 Å². The topological polar surface area (TPSA) is 125 Å². The molecule has 0 heterocycles. The van der Waals surface area contributed by atoms with E-state index >= 15 is 0 Å². The number of aliphatic carboxylic acids is 1. The molecule has 2 atom stereocenters. The van der Waals surface area contributed by atoms with E-state index < -0.39 is 36.2 Å². The van der Waals surface area contributed by atoms with E-state index in [1.807, 2.05) is 48.5 Å². The highest BCUT2D eigenvalue weighted by Gasteiger charge is 2.37. The number of carboxylic acid groups (broad SMARTS) is 1. The van der Waals surface area contributed by atoms with Crippen molar-refractivity contribution in [1.29, 1.82) is 0 Å². The van der Waals surface area contributed by atoms with E-state index in [2.05, 4.69) is 10.6 Å². The molecule has 32 heavy (non-hydrogen) atoms. The van der Waals surface area contributed by atoms with Crippen LogP contribution in [0.1, 0.15) is 37.8 Å². The first-order valence-corrected chi connectivity index (χ1v) is 10.5. The molecule has 0 aliphatic heterocycles. The molecule has 0 bridgehead atoms. The molecule has 2 aromatic rings. The highest BCUT2D eigenvalue weighted by atomic mass is 16.5. The molecule has 0 aromatic heterocycles. The minimum absolute atomic E-state index is 0.0930. The minimum Gasteiger partial charge on any atom is -0.479 e. The summed E-state index contributed by atoms with van der Waals surface area (Å²) in [5.41, 5.74) is 2.49. The Morgan fingerprint density at radius 2 is 1.56 bits per heavy atom. The van der Waals surface area contributed by atoms with Gasteiger partial charge in [-0.1, -0.05) is 62.4 Å². The number of carbonyl (C=O) groups excluding carboxylic acids is 2. The summed E-state index contributed by atoms with van der Waals surface area (Å²) in [7, 11) is 0. The standard InChI is InChI=1S/C24H28N2O6/c1-14(2)20(21(28)26-24(3,13-27)22(29)30)25-23(31)32-12-19-17-10-6-4-8-15(17)16-9-5-7-11-18(16)19/h4-11,14,19-20,27H,12-13H2,1-3H3,(H,25,31)(H,26,28)(H,29,30). The van der Waals surface area contributed by atoms with Gasteiger partial charge in [0, 0.05) is 5.92 Å². The average molecular weight is 440 g/mol. The lowest BCUT2D eigenvalue weighted by atomic mass is 9.98. The van der Waals surface area contributed by atoms with Crippen LogP contribution in [0, 0.1) is 5.92 Å². The molecule has 0 fully saturated rings. The zero-order chi connectivity index (χ0) is 23.5. The van der Waals surface area contributed by atoms with E-state index in [0.717, 1.165) is 22.3 Å². The quantitative estimate of drug-likeness (QED) is 0.500. The fourth-order valence-electron chi connectivity index (χ4n) is 3.81. The Morgan fingerprint density at radius 3 is 2.03 bits per heavy atom. The molecule has 2 unspecified atom stereocenters. The van der Waals surface area contributed by atoms with Gasteiger partial charge in [-0.3, -0.25) is 4.79 Å². The first kappa shape index (κ1) is 23.3. The van der Waals surface area contributed by atoms with Crippen molar-refractivity contribution >= 4 is 18.0 Å². The van der Waals surface area contributed by atoms with E-state index in [9.17, 15) is 24.6 Å². The fourth-order valence-corrected chi connectivity index (χ4v) is 3.81. The van der Waals surface area contributed by atoms with Crippen molar-refractivity contribution in [2.75, 3.05) is 13.2 Å². The van der Waals surface area contributed by atoms with Crippen LogP contribution in [0.2, 0.25) is 0 Å². The number of nitrogens with one attached hydrogen (secondary N) is 2. The van der Waals surface area contributed by atoms with E-state index in [4.69, 9.17) is 4.74 Å². The Bertz CT molecular complexity index is 976. The van der Waals surface area contributed by atoms with Crippen LogP contribution in [0.3, 0.4) is 0 Å². The summed E-state index contributed by atoms with van der Waals surface area (Å²) in [5.74, 6) is -2.55. The number of fused-ring (bicyclic) bond motifs is 3. The molecular formula is C24H28N2O6. The predicted octanol–water partition coefficient (Wildman–Crippen LogP) is 2.50. The van der Waals surface area contributed by atoms with E-state index in [1.165, 1.54) is 6.92 Å². The Balaban J connectivity index is 1.68. The number of aliphatic hydroxyl groups is 1. The van der Waals surface area contributed by atoms with Gasteiger partial charge >= 0.3 is 12.1 Å². The Morgan fingerprint density at radius 1 is 1.03 bits per heavy atom. The first-order chi connectivity index (χ1) is 15.2. The van der Waals surface area contributed by atoms with Crippen LogP contribution in [0.25, 0.3) is 11.1 Å². The zero-order valence-corrected chi connectivity index (χ0v) is 18.3. The summed E-state index contributed by atoms with van der Waals surface area (Å²) >= 11 is 0. The number of hydrogen-bond donors (Lipinski definition) is 4. The lowest BCUT2D eigenvalue weighted by Gasteiger charge is -2.28. The number of benzene rings is 2. The van der Waals surface area contributed by atoms with Gasteiger partial charge in [-0.2, -0.15) is 0 Å². The smallest absolute Gasteiger partial charge is 0.407 e. The number of carboxylic acids is 1. The van der Waals surface area contributed by atoms with Crippen molar-refractivity contribution in [1.82, 2.24) is 10.6 Å². The van der Waals surface area contributed by atoms with E-state index in [-0.39, 0.29) is 18.4 Å². The van der Waals surface area contributed by atoms with Crippen LogP contribution in [0.15, 0.2) is 48.5 Å². The predicted molar refractivity (Wildman–Crippen MR) is 118 cm³/mol. The number of ether oxygens (including phenoxy) is 1. The summed E-state index contributed by atoms with van der Waals surface area (Å²) in [6.07, 6.45) is -0.776. The Kier molecular flexibility index (Phi) is 6.84. The SMILES string of the molecule is CC(C)C(NC(=O)OCC1c2ccccc2-c2ccccc21)C(=O)NC(C)(CO)C(=O)O. The van der Waals surface area contributed by atoms with Crippen molar-refractivity contribution in [3.63, 3.8) is 0 Å². The number of aliphatic hydroxyl groups excluding tert-OH is 1. The molecular weight excluding hydrogens is 412 g/mol. The van der Waals surface area contributed by atoms with Crippen molar-refractivity contribution in [2.24, 2.45) is 5.92 Å². The van der Waals surface area contributed by atoms with Crippen LogP contribution in [-0.2, 0) is 14.3 Å². The van der Waals surface area contributed by atoms with Gasteiger partial charge in [-0.25, -0.2) is 9.59 Å². The molecule has 170 valence electrons. The maximum atomic E-state index is 12.6. The highest BCUT2D eigenvalue weighted by Crippen LogP contribution is 2.44. The minimum atomic E-state index is -1.85. The third kappa shape index (κ3) is 4.60. The second-order valence-electron chi connectivity index (χ2n) is 8.48. The van der Waals surface area contributed by atoms with Gasteiger partial charge in [0.25, 0.3) is 0 Å².